The third-order valence-electron chi connectivity index (χ3n) is 3.85. The van der Waals surface area contributed by atoms with Gasteiger partial charge in [0, 0.05) is 0 Å². The highest BCUT2D eigenvalue weighted by molar-refractivity contribution is 5.24. The van der Waals surface area contributed by atoms with Gasteiger partial charge in [-0.15, -0.1) is 0 Å². The van der Waals surface area contributed by atoms with Crippen LogP contribution in [0.1, 0.15) is 45.1 Å². The maximum atomic E-state index is 5.79. The van der Waals surface area contributed by atoms with E-state index in [1.807, 2.05) is 0 Å². The molecule has 0 fully saturated rings. The zero-order valence-corrected chi connectivity index (χ0v) is 11.9. The van der Waals surface area contributed by atoms with Gasteiger partial charge in [-0.25, -0.2) is 0 Å². The van der Waals surface area contributed by atoms with Gasteiger partial charge in [-0.2, -0.15) is 0 Å². The second-order valence-electron chi connectivity index (χ2n) is 5.72. The Morgan fingerprint density at radius 1 is 1.11 bits per heavy atom. The van der Waals surface area contributed by atoms with Crippen molar-refractivity contribution in [3.05, 3.63) is 35.9 Å². The van der Waals surface area contributed by atoms with E-state index in [4.69, 9.17) is 11.5 Å². The summed E-state index contributed by atoms with van der Waals surface area (Å²) in [6.07, 6.45) is 4.65. The maximum Gasteiger partial charge on any atom is -0.00512 e. The van der Waals surface area contributed by atoms with Crippen molar-refractivity contribution in [2.24, 2.45) is 17.4 Å². The van der Waals surface area contributed by atoms with E-state index >= 15 is 0 Å². The third-order valence-corrected chi connectivity index (χ3v) is 3.85. The molecule has 2 atom stereocenters. The molecule has 0 heterocycles. The topological polar surface area (TPSA) is 52.0 Å². The summed E-state index contributed by atoms with van der Waals surface area (Å²) in [4.78, 5) is 0. The molecule has 2 unspecified atom stereocenters. The molecule has 18 heavy (non-hydrogen) atoms. The summed E-state index contributed by atoms with van der Waals surface area (Å²) in [5.41, 5.74) is 13.1. The van der Waals surface area contributed by atoms with E-state index in [0.717, 1.165) is 25.9 Å². The fraction of sp³-hybridized carbons (Fsp3) is 0.625. The Morgan fingerprint density at radius 3 is 2.33 bits per heavy atom. The molecule has 4 N–H and O–H groups in total. The SMILES string of the molecule is CC(CN)CC(C)(CCCCN)c1ccccc1. The van der Waals surface area contributed by atoms with Crippen LogP contribution in [0.25, 0.3) is 0 Å². The second kappa shape index (κ2) is 7.55. The fourth-order valence-corrected chi connectivity index (χ4v) is 2.72. The smallest absolute Gasteiger partial charge is 0.00512 e. The highest BCUT2D eigenvalue weighted by Crippen LogP contribution is 2.35. The minimum absolute atomic E-state index is 0.231. The predicted molar refractivity (Wildman–Crippen MR) is 79.5 cm³/mol. The Kier molecular flexibility index (Phi) is 6.37. The van der Waals surface area contributed by atoms with Gasteiger partial charge < -0.3 is 11.5 Å². The van der Waals surface area contributed by atoms with Gasteiger partial charge in [0.05, 0.1) is 0 Å². The third kappa shape index (κ3) is 4.43. The molecule has 0 spiro atoms. The highest BCUT2D eigenvalue weighted by atomic mass is 14.5. The van der Waals surface area contributed by atoms with Crippen molar-refractivity contribution in [3.8, 4) is 0 Å². The molecule has 2 nitrogen and oxygen atoms in total. The van der Waals surface area contributed by atoms with Gasteiger partial charge >= 0.3 is 0 Å². The summed E-state index contributed by atoms with van der Waals surface area (Å²) < 4.78 is 0. The van der Waals surface area contributed by atoms with Crippen molar-refractivity contribution in [1.82, 2.24) is 0 Å². The van der Waals surface area contributed by atoms with Gasteiger partial charge in [-0.3, -0.25) is 0 Å². The molecule has 0 bridgehead atoms. The summed E-state index contributed by atoms with van der Waals surface area (Å²) in [6.45, 7) is 6.16. The zero-order chi connectivity index (χ0) is 13.4. The molecule has 1 aromatic rings. The highest BCUT2D eigenvalue weighted by Gasteiger charge is 2.27. The Labute approximate surface area is 112 Å². The predicted octanol–water partition coefficient (Wildman–Crippen LogP) is 3.06. The largest absolute Gasteiger partial charge is 0.330 e. The van der Waals surface area contributed by atoms with Crippen molar-refractivity contribution in [1.29, 1.82) is 0 Å². The van der Waals surface area contributed by atoms with E-state index in [9.17, 15) is 0 Å². The first-order chi connectivity index (χ1) is 8.62. The Morgan fingerprint density at radius 2 is 1.78 bits per heavy atom. The standard InChI is InChI=1S/C16H28N2/c1-14(13-18)12-16(2,10-6-7-11-17)15-8-4-3-5-9-15/h3-5,8-9,14H,6-7,10-13,17-18H2,1-2H3. The molecule has 0 aromatic heterocycles. The number of benzene rings is 1. The molecule has 0 aliphatic rings. The molecule has 1 aromatic carbocycles. The van der Waals surface area contributed by atoms with Gasteiger partial charge in [-0.05, 0) is 49.2 Å². The van der Waals surface area contributed by atoms with Crippen LogP contribution in [0.5, 0.6) is 0 Å². The summed E-state index contributed by atoms with van der Waals surface area (Å²) in [7, 11) is 0. The lowest BCUT2D eigenvalue weighted by Gasteiger charge is -2.33. The van der Waals surface area contributed by atoms with Gasteiger partial charge in [0.15, 0.2) is 0 Å². The van der Waals surface area contributed by atoms with Crippen LogP contribution in [-0.4, -0.2) is 13.1 Å². The summed E-state index contributed by atoms with van der Waals surface area (Å²) in [5.74, 6) is 0.563. The number of hydrogen-bond donors (Lipinski definition) is 2. The van der Waals surface area contributed by atoms with Gasteiger partial charge in [0.2, 0.25) is 0 Å². The lowest BCUT2D eigenvalue weighted by atomic mass is 9.72. The van der Waals surface area contributed by atoms with E-state index < -0.39 is 0 Å². The quantitative estimate of drug-likeness (QED) is 0.695. The van der Waals surface area contributed by atoms with Crippen LogP contribution in [-0.2, 0) is 5.41 Å². The summed E-state index contributed by atoms with van der Waals surface area (Å²) in [6, 6.07) is 10.8. The average molecular weight is 248 g/mol. The molecule has 0 saturated heterocycles. The monoisotopic (exact) mass is 248 g/mol. The van der Waals surface area contributed by atoms with Crippen molar-refractivity contribution in [2.45, 2.75) is 44.9 Å². The lowest BCUT2D eigenvalue weighted by molar-refractivity contribution is 0.326. The van der Waals surface area contributed by atoms with Crippen molar-refractivity contribution < 1.29 is 0 Å². The van der Waals surface area contributed by atoms with Crippen LogP contribution in [0.3, 0.4) is 0 Å². The summed E-state index contributed by atoms with van der Waals surface area (Å²) >= 11 is 0. The van der Waals surface area contributed by atoms with E-state index in [2.05, 4.69) is 44.2 Å². The lowest BCUT2D eigenvalue weighted by Crippen LogP contribution is -2.28. The Hall–Kier alpha value is -0.860. The van der Waals surface area contributed by atoms with Crippen LogP contribution in [0.2, 0.25) is 0 Å². The van der Waals surface area contributed by atoms with Crippen LogP contribution in [0, 0.1) is 5.92 Å². The summed E-state index contributed by atoms with van der Waals surface area (Å²) in [5, 5.41) is 0. The molecule has 0 saturated carbocycles. The van der Waals surface area contributed by atoms with Crippen LogP contribution in [0.4, 0.5) is 0 Å². The average Bonchev–Trinajstić information content (AvgIpc) is 2.40. The van der Waals surface area contributed by atoms with Gasteiger partial charge in [0.1, 0.15) is 0 Å². The molecular formula is C16H28N2. The van der Waals surface area contributed by atoms with Gasteiger partial charge in [0.25, 0.3) is 0 Å². The minimum atomic E-state index is 0.231. The van der Waals surface area contributed by atoms with Crippen LogP contribution < -0.4 is 11.5 Å². The Bertz CT molecular complexity index is 323. The van der Waals surface area contributed by atoms with E-state index in [1.165, 1.54) is 18.4 Å². The van der Waals surface area contributed by atoms with E-state index in [1.54, 1.807) is 0 Å². The molecule has 0 radical (unpaired) electrons. The molecule has 102 valence electrons. The number of nitrogens with two attached hydrogens (primary N) is 2. The van der Waals surface area contributed by atoms with Crippen molar-refractivity contribution in [3.63, 3.8) is 0 Å². The second-order valence-corrected chi connectivity index (χ2v) is 5.72. The number of unbranched alkanes of at least 4 members (excludes halogenated alkanes) is 1. The molecule has 0 aliphatic carbocycles. The molecule has 0 amide bonds. The van der Waals surface area contributed by atoms with E-state index in [-0.39, 0.29) is 5.41 Å². The number of hydrogen-bond acceptors (Lipinski definition) is 2. The van der Waals surface area contributed by atoms with Crippen molar-refractivity contribution >= 4 is 0 Å². The van der Waals surface area contributed by atoms with Crippen molar-refractivity contribution in [2.75, 3.05) is 13.1 Å². The zero-order valence-electron chi connectivity index (χ0n) is 11.9. The maximum absolute atomic E-state index is 5.79. The molecule has 0 aliphatic heterocycles. The molecular weight excluding hydrogens is 220 g/mol. The van der Waals surface area contributed by atoms with Crippen LogP contribution in [0.15, 0.2) is 30.3 Å². The minimum Gasteiger partial charge on any atom is -0.330 e. The number of rotatable bonds is 8. The first-order valence-electron chi connectivity index (χ1n) is 7.08. The Balaban J connectivity index is 2.79. The molecule has 2 heteroatoms. The van der Waals surface area contributed by atoms with Gasteiger partial charge in [-0.1, -0.05) is 50.6 Å². The van der Waals surface area contributed by atoms with Crippen LogP contribution >= 0.6 is 0 Å². The normalized spacial score (nSPS) is 16.2. The molecule has 1 rings (SSSR count). The van der Waals surface area contributed by atoms with E-state index in [0.29, 0.717) is 5.92 Å². The fourth-order valence-electron chi connectivity index (χ4n) is 2.72. The first-order valence-corrected chi connectivity index (χ1v) is 7.08. The first kappa shape index (κ1) is 15.2.